The Kier molecular flexibility index (Phi) is 11.0. The van der Waals surface area contributed by atoms with Crippen molar-refractivity contribution in [1.29, 1.82) is 0 Å². The van der Waals surface area contributed by atoms with E-state index >= 15 is 0 Å². The van der Waals surface area contributed by atoms with Crippen LogP contribution in [0.5, 0.6) is 23.0 Å². The van der Waals surface area contributed by atoms with Crippen LogP contribution in [0.3, 0.4) is 0 Å². The molecule has 3 atom stereocenters. The average Bonchev–Trinajstić information content (AvgIpc) is 3.61. The first-order valence-corrected chi connectivity index (χ1v) is 16.4. The van der Waals surface area contributed by atoms with Crippen molar-refractivity contribution in [1.82, 2.24) is 9.21 Å². The van der Waals surface area contributed by atoms with Crippen LogP contribution < -0.4 is 18.9 Å². The number of benzene rings is 2. The van der Waals surface area contributed by atoms with E-state index in [9.17, 15) is 18.3 Å². The largest absolute Gasteiger partial charge is 0.493 e. The third-order valence-corrected chi connectivity index (χ3v) is 10.2. The van der Waals surface area contributed by atoms with Crippen LogP contribution in [0.1, 0.15) is 69.0 Å². The van der Waals surface area contributed by atoms with Gasteiger partial charge in [-0.3, -0.25) is 9.69 Å². The molecular weight excluding hydrogens is 560 g/mol. The standard InChI is InChI=1S/C31H44N2O8S/c1-5-7-8-9-17-42(36,37)33(14-6-2)16-15-32-20-24(22-10-13-26-28(18-22)41-21-40-26)29(31(34)35)30(32)23-11-12-25(38-3)27(19-23)39-4/h10-13,18-19,24,29-30H,5-9,14-17,20-21H2,1-4H3,(H,34,35)/t24-,29+,30-/m1/s1. The maximum absolute atomic E-state index is 13.3. The quantitative estimate of drug-likeness (QED) is 0.267. The molecule has 2 aliphatic rings. The first-order valence-electron chi connectivity index (χ1n) is 14.8. The molecule has 2 aromatic rings. The number of carboxylic acid groups (broad SMARTS) is 1. The number of rotatable bonds is 16. The number of hydrogen-bond donors (Lipinski definition) is 1. The molecule has 0 bridgehead atoms. The third-order valence-electron chi connectivity index (χ3n) is 8.22. The Bertz CT molecular complexity index is 1320. The van der Waals surface area contributed by atoms with E-state index in [4.69, 9.17) is 18.9 Å². The number of carboxylic acids is 1. The van der Waals surface area contributed by atoms with Gasteiger partial charge in [0.2, 0.25) is 16.8 Å². The molecule has 0 aromatic heterocycles. The number of ether oxygens (including phenoxy) is 4. The number of aliphatic carboxylic acids is 1. The van der Waals surface area contributed by atoms with Crippen molar-refractivity contribution in [3.05, 3.63) is 47.5 Å². The van der Waals surface area contributed by atoms with E-state index < -0.39 is 28.0 Å². The highest BCUT2D eigenvalue weighted by molar-refractivity contribution is 7.89. The summed E-state index contributed by atoms with van der Waals surface area (Å²) in [5, 5.41) is 10.6. The Hall–Kier alpha value is -3.02. The molecule has 232 valence electrons. The van der Waals surface area contributed by atoms with Gasteiger partial charge >= 0.3 is 5.97 Å². The van der Waals surface area contributed by atoms with E-state index in [0.717, 1.165) is 30.4 Å². The van der Waals surface area contributed by atoms with Gasteiger partial charge in [0, 0.05) is 38.1 Å². The lowest BCUT2D eigenvalue weighted by Gasteiger charge is -2.30. The summed E-state index contributed by atoms with van der Waals surface area (Å²) in [5.74, 6) is 0.338. The van der Waals surface area contributed by atoms with E-state index in [1.165, 1.54) is 0 Å². The highest BCUT2D eigenvalue weighted by Crippen LogP contribution is 2.48. The molecule has 0 unspecified atom stereocenters. The van der Waals surface area contributed by atoms with E-state index in [1.54, 1.807) is 24.6 Å². The van der Waals surface area contributed by atoms with Crippen LogP contribution in [-0.4, -0.2) is 81.6 Å². The second kappa shape index (κ2) is 14.4. The number of methoxy groups -OCH3 is 2. The number of fused-ring (bicyclic) bond motifs is 1. The average molecular weight is 605 g/mol. The number of likely N-dealkylation sites (tertiary alicyclic amines) is 1. The summed E-state index contributed by atoms with van der Waals surface area (Å²) in [5.41, 5.74) is 1.61. The van der Waals surface area contributed by atoms with Gasteiger partial charge in [-0.15, -0.1) is 0 Å². The molecule has 42 heavy (non-hydrogen) atoms. The number of sulfonamides is 1. The van der Waals surface area contributed by atoms with Gasteiger partial charge < -0.3 is 24.1 Å². The highest BCUT2D eigenvalue weighted by atomic mass is 32.2. The lowest BCUT2D eigenvalue weighted by molar-refractivity contribution is -0.143. The van der Waals surface area contributed by atoms with Gasteiger partial charge in [-0.25, -0.2) is 12.7 Å². The molecular formula is C31H44N2O8S. The van der Waals surface area contributed by atoms with Crippen LogP contribution in [0, 0.1) is 5.92 Å². The van der Waals surface area contributed by atoms with Crippen LogP contribution in [0.4, 0.5) is 0 Å². The van der Waals surface area contributed by atoms with Crippen LogP contribution in [0.25, 0.3) is 0 Å². The van der Waals surface area contributed by atoms with Gasteiger partial charge in [0.15, 0.2) is 23.0 Å². The predicted octanol–water partition coefficient (Wildman–Crippen LogP) is 4.90. The van der Waals surface area contributed by atoms with E-state index in [2.05, 4.69) is 11.8 Å². The molecule has 0 saturated carbocycles. The number of nitrogens with zero attached hydrogens (tertiary/aromatic N) is 2. The Morgan fingerprint density at radius 2 is 1.69 bits per heavy atom. The second-order valence-corrected chi connectivity index (χ2v) is 13.0. The summed E-state index contributed by atoms with van der Waals surface area (Å²) in [6.07, 6.45) is 4.29. The Balaban J connectivity index is 1.66. The molecule has 1 saturated heterocycles. The van der Waals surface area contributed by atoms with Crippen molar-refractivity contribution in [2.24, 2.45) is 5.92 Å². The number of hydrogen-bond acceptors (Lipinski definition) is 8. The fraction of sp³-hybridized carbons (Fsp3) is 0.581. The molecule has 1 N–H and O–H groups in total. The summed E-state index contributed by atoms with van der Waals surface area (Å²) in [7, 11) is -0.334. The second-order valence-electron chi connectivity index (χ2n) is 10.9. The Morgan fingerprint density at radius 1 is 0.952 bits per heavy atom. The van der Waals surface area contributed by atoms with E-state index in [-0.39, 0.29) is 25.0 Å². The van der Waals surface area contributed by atoms with Crippen molar-refractivity contribution >= 4 is 16.0 Å². The normalized spacial score (nSPS) is 20.3. The van der Waals surface area contributed by atoms with Gasteiger partial charge in [-0.2, -0.15) is 0 Å². The minimum absolute atomic E-state index is 0.129. The molecule has 0 radical (unpaired) electrons. The monoisotopic (exact) mass is 604 g/mol. The van der Waals surface area contributed by atoms with Crippen LogP contribution >= 0.6 is 0 Å². The minimum atomic E-state index is -3.44. The van der Waals surface area contributed by atoms with Crippen molar-refractivity contribution in [2.45, 2.75) is 57.9 Å². The first kappa shape index (κ1) is 31.9. The topological polar surface area (TPSA) is 115 Å². The summed E-state index contributed by atoms with van der Waals surface area (Å²) < 4.78 is 50.3. The molecule has 2 aromatic carbocycles. The smallest absolute Gasteiger partial charge is 0.309 e. The number of unbranched alkanes of at least 4 members (excludes halogenated alkanes) is 3. The zero-order valence-electron chi connectivity index (χ0n) is 25.1. The highest BCUT2D eigenvalue weighted by Gasteiger charge is 2.48. The molecule has 0 aliphatic carbocycles. The van der Waals surface area contributed by atoms with Gasteiger partial charge in [0.25, 0.3) is 0 Å². The summed E-state index contributed by atoms with van der Waals surface area (Å²) in [6, 6.07) is 10.5. The fourth-order valence-corrected chi connectivity index (χ4v) is 7.74. The van der Waals surface area contributed by atoms with Gasteiger partial charge in [-0.05, 0) is 48.2 Å². The van der Waals surface area contributed by atoms with Crippen LogP contribution in [0.15, 0.2) is 36.4 Å². The molecule has 1 fully saturated rings. The predicted molar refractivity (Wildman–Crippen MR) is 160 cm³/mol. The molecule has 10 nitrogen and oxygen atoms in total. The summed E-state index contributed by atoms with van der Waals surface area (Å²) in [4.78, 5) is 15.1. The molecule has 0 spiro atoms. The lowest BCUT2D eigenvalue weighted by Crippen LogP contribution is -2.40. The van der Waals surface area contributed by atoms with Gasteiger partial charge in [-0.1, -0.05) is 45.2 Å². The van der Waals surface area contributed by atoms with Crippen molar-refractivity contribution in [2.75, 3.05) is 52.9 Å². The maximum Gasteiger partial charge on any atom is 0.309 e. The molecule has 0 amide bonds. The number of carbonyl (C=O) groups is 1. The Labute approximate surface area is 249 Å². The minimum Gasteiger partial charge on any atom is -0.493 e. The third kappa shape index (κ3) is 7.12. The fourth-order valence-electron chi connectivity index (χ4n) is 6.10. The van der Waals surface area contributed by atoms with Crippen molar-refractivity contribution in [3.63, 3.8) is 0 Å². The van der Waals surface area contributed by atoms with Gasteiger partial charge in [0.1, 0.15) is 0 Å². The zero-order chi connectivity index (χ0) is 30.3. The molecule has 2 aliphatic heterocycles. The summed E-state index contributed by atoms with van der Waals surface area (Å²) >= 11 is 0. The SMILES string of the molecule is CCCCCCS(=O)(=O)N(CCC)CCN1C[C@H](c2ccc3c(c2)OCO3)[C@H](C(=O)O)[C@H]1c1ccc(OC)c(OC)c1. The van der Waals surface area contributed by atoms with Crippen molar-refractivity contribution in [3.8, 4) is 23.0 Å². The molecule has 4 rings (SSSR count). The molecule has 2 heterocycles. The maximum atomic E-state index is 13.3. The van der Waals surface area contributed by atoms with E-state index in [0.29, 0.717) is 55.5 Å². The van der Waals surface area contributed by atoms with Crippen LogP contribution in [-0.2, 0) is 14.8 Å². The lowest BCUT2D eigenvalue weighted by atomic mass is 9.82. The van der Waals surface area contributed by atoms with Crippen molar-refractivity contribution < 1.29 is 37.3 Å². The summed E-state index contributed by atoms with van der Waals surface area (Å²) in [6.45, 7) is 5.74. The zero-order valence-corrected chi connectivity index (χ0v) is 25.9. The first-order chi connectivity index (χ1) is 20.2. The Morgan fingerprint density at radius 3 is 2.38 bits per heavy atom. The van der Waals surface area contributed by atoms with Gasteiger partial charge in [0.05, 0.1) is 25.9 Å². The molecule has 11 heteroatoms. The van der Waals surface area contributed by atoms with Crippen LogP contribution in [0.2, 0.25) is 0 Å². The van der Waals surface area contributed by atoms with E-state index in [1.807, 2.05) is 37.3 Å².